The first-order valence-electron chi connectivity index (χ1n) is 5.59. The summed E-state index contributed by atoms with van der Waals surface area (Å²) in [5, 5.41) is 3.26. The molecule has 1 N–H and O–H groups in total. The summed E-state index contributed by atoms with van der Waals surface area (Å²) >= 11 is 0. The van der Waals surface area contributed by atoms with Crippen LogP contribution in [-0.4, -0.2) is 11.5 Å². The zero-order valence-corrected chi connectivity index (χ0v) is 12.0. The van der Waals surface area contributed by atoms with E-state index in [9.17, 15) is 0 Å². The summed E-state index contributed by atoms with van der Waals surface area (Å²) in [4.78, 5) is 4.06. The smallest absolute Gasteiger partial charge is 0.0582 e. The Morgan fingerprint density at radius 1 is 1.00 bits per heavy atom. The van der Waals surface area contributed by atoms with Crippen molar-refractivity contribution in [1.29, 1.82) is 0 Å². The Morgan fingerprint density at radius 2 is 1.79 bits per heavy atom. The largest absolute Gasteiger partial charge is 0.302 e. The Morgan fingerprint density at radius 3 is 2.47 bits per heavy atom. The molecule has 0 aliphatic rings. The van der Waals surface area contributed by atoms with Crippen molar-refractivity contribution in [2.75, 3.05) is 6.54 Å². The van der Waals surface area contributed by atoms with Crippen LogP contribution in [0.5, 0.6) is 0 Å². The van der Waals surface area contributed by atoms with E-state index in [0.29, 0.717) is 6.54 Å². The molecule has 1 aromatic carbocycles. The van der Waals surface area contributed by atoms with Crippen LogP contribution in [0.4, 0.5) is 0 Å². The third kappa shape index (κ3) is 6.83. The van der Waals surface area contributed by atoms with Crippen molar-refractivity contribution >= 4 is 24.8 Å². The topological polar surface area (TPSA) is 24.9 Å². The minimum Gasteiger partial charge on any atom is -0.302 e. The van der Waals surface area contributed by atoms with Crippen molar-refractivity contribution in [2.24, 2.45) is 0 Å². The van der Waals surface area contributed by atoms with E-state index in [2.05, 4.69) is 22.1 Å². The van der Waals surface area contributed by atoms with E-state index in [1.54, 1.807) is 6.20 Å². The standard InChI is InChI=1S/C15H14N2.2ClH/c1-2-6-14(7-3-1)8-4-10-16-12-15-9-5-11-17-13-15;;/h1-3,5-7,9,11,13,16H,10,12H2;2*1H. The molecule has 0 saturated carbocycles. The summed E-state index contributed by atoms with van der Waals surface area (Å²) in [5.74, 6) is 6.19. The summed E-state index contributed by atoms with van der Waals surface area (Å²) in [6, 6.07) is 14.0. The molecule has 2 nitrogen and oxygen atoms in total. The fraction of sp³-hybridized carbons (Fsp3) is 0.133. The van der Waals surface area contributed by atoms with Crippen molar-refractivity contribution in [3.63, 3.8) is 0 Å². The predicted molar refractivity (Wildman–Crippen MR) is 83.8 cm³/mol. The Labute approximate surface area is 126 Å². The summed E-state index contributed by atoms with van der Waals surface area (Å²) in [6.07, 6.45) is 3.64. The van der Waals surface area contributed by atoms with Gasteiger partial charge in [-0.3, -0.25) is 4.98 Å². The maximum atomic E-state index is 4.06. The molecule has 0 unspecified atom stereocenters. The first-order valence-corrected chi connectivity index (χ1v) is 5.59. The van der Waals surface area contributed by atoms with E-state index in [1.165, 1.54) is 5.56 Å². The average molecular weight is 295 g/mol. The Hall–Kier alpha value is -1.53. The molecule has 2 rings (SSSR count). The van der Waals surface area contributed by atoms with Gasteiger partial charge in [0.2, 0.25) is 0 Å². The van der Waals surface area contributed by atoms with Crippen LogP contribution in [0, 0.1) is 11.8 Å². The van der Waals surface area contributed by atoms with Gasteiger partial charge in [-0.25, -0.2) is 0 Å². The van der Waals surface area contributed by atoms with Crippen molar-refractivity contribution in [3.8, 4) is 11.8 Å². The highest BCUT2D eigenvalue weighted by molar-refractivity contribution is 5.85. The van der Waals surface area contributed by atoms with Gasteiger partial charge in [0.15, 0.2) is 0 Å². The van der Waals surface area contributed by atoms with Gasteiger partial charge < -0.3 is 5.32 Å². The van der Waals surface area contributed by atoms with Crippen LogP contribution in [-0.2, 0) is 6.54 Å². The summed E-state index contributed by atoms with van der Waals surface area (Å²) in [6.45, 7) is 1.49. The first-order chi connectivity index (χ1) is 8.45. The van der Waals surface area contributed by atoms with Crippen LogP contribution in [0.2, 0.25) is 0 Å². The fourth-order valence-corrected chi connectivity index (χ4v) is 1.44. The lowest BCUT2D eigenvalue weighted by Gasteiger charge is -1.99. The number of nitrogens with zero attached hydrogens (tertiary/aromatic N) is 1. The minimum atomic E-state index is 0. The molecule has 1 aromatic heterocycles. The van der Waals surface area contributed by atoms with Crippen molar-refractivity contribution in [1.82, 2.24) is 10.3 Å². The number of hydrogen-bond acceptors (Lipinski definition) is 2. The summed E-state index contributed by atoms with van der Waals surface area (Å²) in [5.41, 5.74) is 2.23. The third-order valence-electron chi connectivity index (χ3n) is 2.27. The molecule has 0 saturated heterocycles. The van der Waals surface area contributed by atoms with Crippen LogP contribution in [0.25, 0.3) is 0 Å². The maximum Gasteiger partial charge on any atom is 0.0582 e. The molecule has 0 atom stereocenters. The molecule has 0 bridgehead atoms. The molecule has 4 heteroatoms. The van der Waals surface area contributed by atoms with Crippen LogP contribution < -0.4 is 5.32 Å². The lowest BCUT2D eigenvalue weighted by molar-refractivity contribution is 0.767. The van der Waals surface area contributed by atoms with Gasteiger partial charge in [0, 0.05) is 24.5 Å². The molecular formula is C15H16Cl2N2. The Bertz CT molecular complexity index is 504. The summed E-state index contributed by atoms with van der Waals surface area (Å²) < 4.78 is 0. The normalized spacial score (nSPS) is 8.42. The van der Waals surface area contributed by atoms with E-state index >= 15 is 0 Å². The van der Waals surface area contributed by atoms with E-state index < -0.39 is 0 Å². The average Bonchev–Trinajstić information content (AvgIpc) is 2.41. The van der Waals surface area contributed by atoms with Crippen molar-refractivity contribution in [2.45, 2.75) is 6.54 Å². The number of pyridine rings is 1. The second kappa shape index (κ2) is 10.4. The molecule has 1 heterocycles. The van der Waals surface area contributed by atoms with Crippen molar-refractivity contribution < 1.29 is 0 Å². The van der Waals surface area contributed by atoms with Gasteiger partial charge >= 0.3 is 0 Å². The van der Waals surface area contributed by atoms with Gasteiger partial charge in [-0.1, -0.05) is 36.1 Å². The second-order valence-electron chi connectivity index (χ2n) is 3.63. The van der Waals surface area contributed by atoms with E-state index in [4.69, 9.17) is 0 Å². The first kappa shape index (κ1) is 17.5. The fourth-order valence-electron chi connectivity index (χ4n) is 1.44. The van der Waals surface area contributed by atoms with E-state index in [0.717, 1.165) is 12.1 Å². The highest BCUT2D eigenvalue weighted by atomic mass is 35.5. The van der Waals surface area contributed by atoms with Crippen molar-refractivity contribution in [3.05, 3.63) is 66.0 Å². The van der Waals surface area contributed by atoms with Crippen LogP contribution in [0.1, 0.15) is 11.1 Å². The zero-order chi connectivity index (χ0) is 11.8. The number of aromatic nitrogens is 1. The number of hydrogen-bond donors (Lipinski definition) is 1. The highest BCUT2D eigenvalue weighted by Crippen LogP contribution is 1.95. The van der Waals surface area contributed by atoms with Crippen LogP contribution in [0.3, 0.4) is 0 Å². The van der Waals surface area contributed by atoms with E-state index in [1.807, 2.05) is 48.7 Å². The van der Waals surface area contributed by atoms with Gasteiger partial charge in [-0.05, 0) is 23.8 Å². The SMILES string of the molecule is C(#Cc1ccccc1)CNCc1cccnc1.Cl.Cl. The monoisotopic (exact) mass is 294 g/mol. The van der Waals surface area contributed by atoms with E-state index in [-0.39, 0.29) is 24.8 Å². The third-order valence-corrected chi connectivity index (χ3v) is 2.27. The molecule has 0 aliphatic heterocycles. The molecule has 0 spiro atoms. The lowest BCUT2D eigenvalue weighted by atomic mass is 10.2. The van der Waals surface area contributed by atoms with Crippen LogP contribution in [0.15, 0.2) is 54.9 Å². The molecule has 0 amide bonds. The van der Waals surface area contributed by atoms with Gasteiger partial charge in [0.1, 0.15) is 0 Å². The van der Waals surface area contributed by atoms with Gasteiger partial charge in [-0.15, -0.1) is 24.8 Å². The minimum absolute atomic E-state index is 0. The molecule has 19 heavy (non-hydrogen) atoms. The zero-order valence-electron chi connectivity index (χ0n) is 10.4. The summed E-state index contributed by atoms with van der Waals surface area (Å²) in [7, 11) is 0. The number of nitrogens with one attached hydrogen (secondary N) is 1. The highest BCUT2D eigenvalue weighted by Gasteiger charge is 1.88. The predicted octanol–water partition coefficient (Wildman–Crippen LogP) is 3.07. The molecule has 0 radical (unpaired) electrons. The molecule has 2 aromatic rings. The lowest BCUT2D eigenvalue weighted by Crippen LogP contribution is -2.13. The quantitative estimate of drug-likeness (QED) is 0.695. The second-order valence-corrected chi connectivity index (χ2v) is 3.63. The number of rotatable bonds is 3. The molecular weight excluding hydrogens is 279 g/mol. The van der Waals surface area contributed by atoms with Gasteiger partial charge in [0.25, 0.3) is 0 Å². The molecule has 0 fully saturated rings. The Kier molecular flexibility index (Phi) is 9.56. The number of halogens is 2. The maximum absolute atomic E-state index is 4.06. The molecule has 100 valence electrons. The van der Waals surface area contributed by atoms with Gasteiger partial charge in [0.05, 0.1) is 6.54 Å². The van der Waals surface area contributed by atoms with Crippen LogP contribution >= 0.6 is 24.8 Å². The molecule has 0 aliphatic carbocycles. The Balaban J connectivity index is 0.00000162. The number of benzene rings is 1. The van der Waals surface area contributed by atoms with Gasteiger partial charge in [-0.2, -0.15) is 0 Å².